The van der Waals surface area contributed by atoms with Crippen LogP contribution in [0.1, 0.15) is 35.9 Å². The standard InChI is InChI=1S/C21H23N3O3/c1-4-19-22-20(27-23-19)14-24(5-2)21(25)16-12-10-15(11-13-16)17-8-6-7-9-18(17)26-3/h6-13H,4-5,14H2,1-3H3. The summed E-state index contributed by atoms with van der Waals surface area (Å²) in [5.41, 5.74) is 2.60. The quantitative estimate of drug-likeness (QED) is 0.634. The predicted octanol–water partition coefficient (Wildman–Crippen LogP) is 3.97. The number of hydrogen-bond donors (Lipinski definition) is 0. The van der Waals surface area contributed by atoms with E-state index in [0.29, 0.717) is 36.8 Å². The van der Waals surface area contributed by atoms with E-state index in [-0.39, 0.29) is 5.91 Å². The fraction of sp³-hybridized carbons (Fsp3) is 0.286. The van der Waals surface area contributed by atoms with Crippen LogP contribution in [0.15, 0.2) is 53.1 Å². The van der Waals surface area contributed by atoms with Crippen LogP contribution in [0.3, 0.4) is 0 Å². The Labute approximate surface area is 158 Å². The first-order valence-corrected chi connectivity index (χ1v) is 9.00. The first-order valence-electron chi connectivity index (χ1n) is 9.00. The van der Waals surface area contributed by atoms with E-state index in [1.807, 2.05) is 62.4 Å². The van der Waals surface area contributed by atoms with Crippen LogP contribution < -0.4 is 4.74 Å². The first-order chi connectivity index (χ1) is 13.2. The van der Waals surface area contributed by atoms with E-state index < -0.39 is 0 Å². The number of methoxy groups -OCH3 is 1. The number of aromatic nitrogens is 2. The summed E-state index contributed by atoms with van der Waals surface area (Å²) < 4.78 is 10.6. The van der Waals surface area contributed by atoms with Gasteiger partial charge in [-0.15, -0.1) is 0 Å². The van der Waals surface area contributed by atoms with Gasteiger partial charge in [-0.25, -0.2) is 0 Å². The number of hydrogen-bond acceptors (Lipinski definition) is 5. The van der Waals surface area contributed by atoms with Crippen LogP contribution >= 0.6 is 0 Å². The Morgan fingerprint density at radius 2 is 1.85 bits per heavy atom. The van der Waals surface area contributed by atoms with Gasteiger partial charge >= 0.3 is 0 Å². The second-order valence-electron chi connectivity index (χ2n) is 6.05. The van der Waals surface area contributed by atoms with Crippen molar-refractivity contribution in [3.8, 4) is 16.9 Å². The molecule has 0 spiro atoms. The van der Waals surface area contributed by atoms with E-state index in [1.165, 1.54) is 0 Å². The molecule has 0 aliphatic heterocycles. The maximum absolute atomic E-state index is 12.8. The molecule has 0 N–H and O–H groups in total. The van der Waals surface area contributed by atoms with Crippen molar-refractivity contribution in [2.45, 2.75) is 26.8 Å². The number of aryl methyl sites for hydroxylation is 1. The minimum absolute atomic E-state index is 0.0691. The van der Waals surface area contributed by atoms with Crippen molar-refractivity contribution in [2.24, 2.45) is 0 Å². The molecule has 0 unspecified atom stereocenters. The Bertz CT molecular complexity index is 903. The van der Waals surface area contributed by atoms with E-state index >= 15 is 0 Å². The van der Waals surface area contributed by atoms with Crippen molar-refractivity contribution in [3.05, 3.63) is 65.8 Å². The molecule has 0 aliphatic carbocycles. The lowest BCUT2D eigenvalue weighted by molar-refractivity contribution is 0.0734. The topological polar surface area (TPSA) is 68.5 Å². The number of para-hydroxylation sites is 1. The number of carbonyl (C=O) groups excluding carboxylic acids is 1. The Hall–Kier alpha value is -3.15. The van der Waals surface area contributed by atoms with Crippen molar-refractivity contribution in [1.82, 2.24) is 15.0 Å². The summed E-state index contributed by atoms with van der Waals surface area (Å²) in [7, 11) is 1.65. The molecule has 1 heterocycles. The van der Waals surface area contributed by atoms with Crippen LogP contribution in [0.25, 0.3) is 11.1 Å². The maximum Gasteiger partial charge on any atom is 0.254 e. The molecule has 3 rings (SSSR count). The van der Waals surface area contributed by atoms with E-state index in [9.17, 15) is 4.79 Å². The zero-order valence-corrected chi connectivity index (χ0v) is 15.8. The van der Waals surface area contributed by atoms with Crippen LogP contribution in [0, 0.1) is 0 Å². The number of ether oxygens (including phenoxy) is 1. The zero-order valence-electron chi connectivity index (χ0n) is 15.8. The SMILES string of the molecule is CCc1noc(CN(CC)C(=O)c2ccc(-c3ccccc3OC)cc2)n1. The van der Waals surface area contributed by atoms with Gasteiger partial charge < -0.3 is 14.2 Å². The van der Waals surface area contributed by atoms with Gasteiger partial charge in [0.2, 0.25) is 5.89 Å². The summed E-state index contributed by atoms with van der Waals surface area (Å²) >= 11 is 0. The van der Waals surface area contributed by atoms with E-state index in [4.69, 9.17) is 9.26 Å². The summed E-state index contributed by atoms with van der Waals surface area (Å²) in [6.07, 6.45) is 0.702. The monoisotopic (exact) mass is 365 g/mol. The molecular weight excluding hydrogens is 342 g/mol. The molecule has 0 radical (unpaired) electrons. The largest absolute Gasteiger partial charge is 0.496 e. The summed E-state index contributed by atoms with van der Waals surface area (Å²) in [4.78, 5) is 18.8. The van der Waals surface area contributed by atoms with Gasteiger partial charge in [0.15, 0.2) is 5.82 Å². The molecule has 0 aliphatic rings. The molecule has 0 saturated heterocycles. The number of carbonyl (C=O) groups is 1. The molecule has 2 aromatic carbocycles. The normalized spacial score (nSPS) is 10.6. The summed E-state index contributed by atoms with van der Waals surface area (Å²) in [5.74, 6) is 1.83. The second kappa shape index (κ2) is 8.49. The molecule has 0 fully saturated rings. The number of benzene rings is 2. The number of amides is 1. The smallest absolute Gasteiger partial charge is 0.254 e. The number of rotatable bonds is 7. The molecule has 1 aromatic heterocycles. The van der Waals surface area contributed by atoms with Crippen molar-refractivity contribution in [1.29, 1.82) is 0 Å². The molecule has 1 amide bonds. The van der Waals surface area contributed by atoms with Gasteiger partial charge in [-0.3, -0.25) is 4.79 Å². The maximum atomic E-state index is 12.8. The van der Waals surface area contributed by atoms with Crippen LogP contribution in [0.2, 0.25) is 0 Å². The minimum Gasteiger partial charge on any atom is -0.496 e. The van der Waals surface area contributed by atoms with Gasteiger partial charge in [-0.05, 0) is 30.7 Å². The number of nitrogens with zero attached hydrogens (tertiary/aromatic N) is 3. The van der Waals surface area contributed by atoms with Crippen LogP contribution in [-0.4, -0.2) is 34.6 Å². The lowest BCUT2D eigenvalue weighted by Crippen LogP contribution is -2.30. The fourth-order valence-corrected chi connectivity index (χ4v) is 2.85. The predicted molar refractivity (Wildman–Crippen MR) is 103 cm³/mol. The molecule has 6 heteroatoms. The third kappa shape index (κ3) is 4.16. The van der Waals surface area contributed by atoms with Gasteiger partial charge in [0.05, 0.1) is 7.11 Å². The van der Waals surface area contributed by atoms with Crippen molar-refractivity contribution >= 4 is 5.91 Å². The zero-order chi connectivity index (χ0) is 19.2. The summed E-state index contributed by atoms with van der Waals surface area (Å²) in [6.45, 7) is 4.74. The summed E-state index contributed by atoms with van der Waals surface area (Å²) in [5, 5.41) is 3.88. The van der Waals surface area contributed by atoms with Crippen molar-refractivity contribution in [2.75, 3.05) is 13.7 Å². The lowest BCUT2D eigenvalue weighted by Gasteiger charge is -2.19. The molecule has 0 saturated carbocycles. The van der Waals surface area contributed by atoms with E-state index in [0.717, 1.165) is 16.9 Å². The molecule has 3 aromatic rings. The third-order valence-corrected chi connectivity index (χ3v) is 4.37. The second-order valence-corrected chi connectivity index (χ2v) is 6.05. The Morgan fingerprint density at radius 3 is 2.48 bits per heavy atom. The van der Waals surface area contributed by atoms with Crippen molar-refractivity contribution < 1.29 is 14.1 Å². The minimum atomic E-state index is -0.0691. The highest BCUT2D eigenvalue weighted by molar-refractivity contribution is 5.94. The highest BCUT2D eigenvalue weighted by atomic mass is 16.5. The molecule has 27 heavy (non-hydrogen) atoms. The van der Waals surface area contributed by atoms with Crippen LogP contribution in [-0.2, 0) is 13.0 Å². The van der Waals surface area contributed by atoms with E-state index in [2.05, 4.69) is 10.1 Å². The van der Waals surface area contributed by atoms with Crippen LogP contribution in [0.4, 0.5) is 0 Å². The molecule has 0 atom stereocenters. The first kappa shape index (κ1) is 18.6. The van der Waals surface area contributed by atoms with Crippen molar-refractivity contribution in [3.63, 3.8) is 0 Å². The summed E-state index contributed by atoms with van der Waals surface area (Å²) in [6, 6.07) is 15.3. The van der Waals surface area contributed by atoms with Gasteiger partial charge in [0.1, 0.15) is 12.3 Å². The Morgan fingerprint density at radius 1 is 1.11 bits per heavy atom. The van der Waals surface area contributed by atoms with E-state index in [1.54, 1.807) is 12.0 Å². The van der Waals surface area contributed by atoms with Gasteiger partial charge in [-0.1, -0.05) is 42.4 Å². The molecule has 0 bridgehead atoms. The molecular formula is C21H23N3O3. The van der Waals surface area contributed by atoms with Gasteiger partial charge in [0.25, 0.3) is 5.91 Å². The molecule has 140 valence electrons. The third-order valence-electron chi connectivity index (χ3n) is 4.37. The average molecular weight is 365 g/mol. The fourth-order valence-electron chi connectivity index (χ4n) is 2.85. The molecule has 6 nitrogen and oxygen atoms in total. The van der Waals surface area contributed by atoms with Crippen LogP contribution in [0.5, 0.6) is 5.75 Å². The average Bonchev–Trinajstić information content (AvgIpc) is 3.19. The van der Waals surface area contributed by atoms with Gasteiger partial charge in [-0.2, -0.15) is 4.98 Å². The highest BCUT2D eigenvalue weighted by Gasteiger charge is 2.18. The Kier molecular flexibility index (Phi) is 5.86. The highest BCUT2D eigenvalue weighted by Crippen LogP contribution is 2.29. The van der Waals surface area contributed by atoms with Gasteiger partial charge in [0, 0.05) is 24.1 Å². The Balaban J connectivity index is 1.77. The lowest BCUT2D eigenvalue weighted by atomic mass is 10.0.